The molecule has 0 spiro atoms. The number of sulfone groups is 1. The second-order valence-electron chi connectivity index (χ2n) is 4.15. The van der Waals surface area contributed by atoms with E-state index < -0.39 is 15.9 Å². The molecular formula is C12H17NO3S. The van der Waals surface area contributed by atoms with Crippen molar-refractivity contribution in [3.63, 3.8) is 0 Å². The zero-order chi connectivity index (χ0) is 12.9. The lowest BCUT2D eigenvalue weighted by molar-refractivity contribution is -0.119. The SMILES string of the molecule is CS(=O)(=O)CCC(N)C(=O)Cc1ccccc1. The zero-order valence-corrected chi connectivity index (χ0v) is 10.6. The fourth-order valence-corrected chi connectivity index (χ4v) is 2.11. The van der Waals surface area contributed by atoms with Gasteiger partial charge in [-0.3, -0.25) is 4.79 Å². The van der Waals surface area contributed by atoms with Crippen molar-refractivity contribution < 1.29 is 13.2 Å². The average Bonchev–Trinajstić information content (AvgIpc) is 2.26. The van der Waals surface area contributed by atoms with Crippen LogP contribution in [0, 0.1) is 0 Å². The number of hydrogen-bond donors (Lipinski definition) is 1. The van der Waals surface area contributed by atoms with E-state index in [9.17, 15) is 13.2 Å². The number of hydrogen-bond acceptors (Lipinski definition) is 4. The van der Waals surface area contributed by atoms with Crippen LogP contribution in [-0.2, 0) is 21.1 Å². The molecule has 0 heterocycles. The second kappa shape index (κ2) is 5.93. The van der Waals surface area contributed by atoms with Gasteiger partial charge in [-0.15, -0.1) is 0 Å². The van der Waals surface area contributed by atoms with Crippen LogP contribution in [0.2, 0.25) is 0 Å². The molecule has 4 nitrogen and oxygen atoms in total. The summed E-state index contributed by atoms with van der Waals surface area (Å²) in [7, 11) is -3.06. The van der Waals surface area contributed by atoms with E-state index in [4.69, 9.17) is 5.73 Å². The Labute approximate surface area is 102 Å². The molecule has 0 saturated carbocycles. The molecule has 0 aliphatic carbocycles. The molecular weight excluding hydrogens is 238 g/mol. The first-order valence-electron chi connectivity index (χ1n) is 5.38. The van der Waals surface area contributed by atoms with Crippen LogP contribution >= 0.6 is 0 Å². The summed E-state index contributed by atoms with van der Waals surface area (Å²) < 4.78 is 21.9. The molecule has 0 aliphatic rings. The maximum absolute atomic E-state index is 11.7. The Morgan fingerprint density at radius 1 is 1.29 bits per heavy atom. The van der Waals surface area contributed by atoms with E-state index in [-0.39, 0.29) is 24.4 Å². The highest BCUT2D eigenvalue weighted by atomic mass is 32.2. The predicted molar refractivity (Wildman–Crippen MR) is 67.5 cm³/mol. The minimum atomic E-state index is -3.06. The van der Waals surface area contributed by atoms with E-state index in [1.165, 1.54) is 0 Å². The van der Waals surface area contributed by atoms with Gasteiger partial charge in [-0.2, -0.15) is 0 Å². The van der Waals surface area contributed by atoms with Crippen LogP contribution in [0.1, 0.15) is 12.0 Å². The summed E-state index contributed by atoms with van der Waals surface area (Å²) in [6, 6.07) is 8.57. The van der Waals surface area contributed by atoms with Gasteiger partial charge >= 0.3 is 0 Å². The molecule has 17 heavy (non-hydrogen) atoms. The predicted octanol–water partition coefficient (Wildman–Crippen LogP) is 0.560. The molecule has 0 aliphatic heterocycles. The number of carbonyl (C=O) groups is 1. The van der Waals surface area contributed by atoms with Gasteiger partial charge in [-0.25, -0.2) is 8.42 Å². The fraction of sp³-hybridized carbons (Fsp3) is 0.417. The number of nitrogens with two attached hydrogens (primary N) is 1. The number of Topliss-reactive ketones (excluding diaryl/α,β-unsaturated/α-hetero) is 1. The molecule has 0 amide bonds. The van der Waals surface area contributed by atoms with Gasteiger partial charge in [-0.05, 0) is 12.0 Å². The molecule has 1 rings (SSSR count). The molecule has 1 atom stereocenters. The highest BCUT2D eigenvalue weighted by Gasteiger charge is 2.16. The molecule has 0 radical (unpaired) electrons. The monoisotopic (exact) mass is 255 g/mol. The first kappa shape index (κ1) is 13.9. The van der Waals surface area contributed by atoms with Crippen molar-refractivity contribution in [3.8, 4) is 0 Å². The van der Waals surface area contributed by atoms with Crippen molar-refractivity contribution in [1.82, 2.24) is 0 Å². The van der Waals surface area contributed by atoms with Crippen LogP contribution in [-0.4, -0.2) is 32.3 Å². The van der Waals surface area contributed by atoms with E-state index in [2.05, 4.69) is 0 Å². The molecule has 0 fully saturated rings. The Morgan fingerprint density at radius 3 is 2.41 bits per heavy atom. The lowest BCUT2D eigenvalue weighted by Gasteiger charge is -2.09. The average molecular weight is 255 g/mol. The number of rotatable bonds is 6. The van der Waals surface area contributed by atoms with Crippen LogP contribution < -0.4 is 5.73 Å². The summed E-state index contributed by atoms with van der Waals surface area (Å²) in [4.78, 5) is 11.7. The maximum atomic E-state index is 11.7. The van der Waals surface area contributed by atoms with Gasteiger partial charge in [0.25, 0.3) is 0 Å². The van der Waals surface area contributed by atoms with Crippen LogP contribution in [0.3, 0.4) is 0 Å². The van der Waals surface area contributed by atoms with Gasteiger partial charge < -0.3 is 5.73 Å². The number of ketones is 1. The Morgan fingerprint density at radius 2 is 1.88 bits per heavy atom. The van der Waals surface area contributed by atoms with Gasteiger partial charge in [0.05, 0.1) is 11.8 Å². The van der Waals surface area contributed by atoms with Gasteiger partial charge in [0, 0.05) is 12.7 Å². The molecule has 0 saturated heterocycles. The molecule has 2 N–H and O–H groups in total. The standard InChI is InChI=1S/C12H17NO3S/c1-17(15,16)8-7-11(13)12(14)9-10-5-3-2-4-6-10/h2-6,11H,7-9,13H2,1H3. The van der Waals surface area contributed by atoms with E-state index in [0.717, 1.165) is 11.8 Å². The second-order valence-corrected chi connectivity index (χ2v) is 6.41. The lowest BCUT2D eigenvalue weighted by atomic mass is 10.0. The largest absolute Gasteiger partial charge is 0.321 e. The fourth-order valence-electron chi connectivity index (χ4n) is 1.43. The molecule has 1 unspecified atom stereocenters. The normalized spacial score (nSPS) is 13.3. The molecule has 1 aromatic rings. The zero-order valence-electron chi connectivity index (χ0n) is 9.80. The lowest BCUT2D eigenvalue weighted by Crippen LogP contribution is -2.33. The maximum Gasteiger partial charge on any atom is 0.153 e. The van der Waals surface area contributed by atoms with Crippen LogP contribution in [0.4, 0.5) is 0 Å². The van der Waals surface area contributed by atoms with E-state index in [1.807, 2.05) is 30.3 Å². The van der Waals surface area contributed by atoms with Gasteiger partial charge in [0.2, 0.25) is 0 Å². The smallest absolute Gasteiger partial charge is 0.153 e. The van der Waals surface area contributed by atoms with Crippen LogP contribution in [0.5, 0.6) is 0 Å². The Bertz CT molecular complexity index is 468. The first-order valence-corrected chi connectivity index (χ1v) is 7.44. The summed E-state index contributed by atoms with van der Waals surface area (Å²) in [5, 5.41) is 0. The molecule has 5 heteroatoms. The first-order chi connectivity index (χ1) is 7.88. The molecule has 0 aromatic heterocycles. The summed E-state index contributed by atoms with van der Waals surface area (Å²) >= 11 is 0. The third kappa shape index (κ3) is 5.60. The topological polar surface area (TPSA) is 77.2 Å². The van der Waals surface area contributed by atoms with Crippen LogP contribution in [0.15, 0.2) is 30.3 Å². The van der Waals surface area contributed by atoms with Gasteiger partial charge in [-0.1, -0.05) is 30.3 Å². The van der Waals surface area contributed by atoms with E-state index in [0.29, 0.717) is 0 Å². The van der Waals surface area contributed by atoms with Crippen molar-refractivity contribution in [2.24, 2.45) is 5.73 Å². The van der Waals surface area contributed by atoms with Gasteiger partial charge in [0.15, 0.2) is 5.78 Å². The Hall–Kier alpha value is -1.20. The minimum absolute atomic E-state index is 0.0469. The molecule has 94 valence electrons. The summed E-state index contributed by atoms with van der Waals surface area (Å²) in [5.41, 5.74) is 6.55. The van der Waals surface area contributed by atoms with Crippen molar-refractivity contribution in [3.05, 3.63) is 35.9 Å². The van der Waals surface area contributed by atoms with E-state index in [1.54, 1.807) is 0 Å². The van der Waals surface area contributed by atoms with Crippen molar-refractivity contribution in [2.75, 3.05) is 12.0 Å². The van der Waals surface area contributed by atoms with Crippen LogP contribution in [0.25, 0.3) is 0 Å². The summed E-state index contributed by atoms with van der Waals surface area (Å²) in [6.07, 6.45) is 1.58. The number of benzene rings is 1. The molecule has 1 aromatic carbocycles. The van der Waals surface area contributed by atoms with Crippen molar-refractivity contribution in [2.45, 2.75) is 18.9 Å². The third-order valence-electron chi connectivity index (χ3n) is 2.43. The quantitative estimate of drug-likeness (QED) is 0.805. The number of carbonyl (C=O) groups excluding carboxylic acids is 1. The van der Waals surface area contributed by atoms with Gasteiger partial charge in [0.1, 0.15) is 9.84 Å². The van der Waals surface area contributed by atoms with E-state index >= 15 is 0 Å². The highest BCUT2D eigenvalue weighted by molar-refractivity contribution is 7.90. The Kier molecular flexibility index (Phi) is 4.84. The Balaban J connectivity index is 2.48. The third-order valence-corrected chi connectivity index (χ3v) is 3.41. The summed E-state index contributed by atoms with van der Waals surface area (Å²) in [5.74, 6) is -0.172. The van der Waals surface area contributed by atoms with Crippen molar-refractivity contribution in [1.29, 1.82) is 0 Å². The summed E-state index contributed by atoms with van der Waals surface area (Å²) in [6.45, 7) is 0. The molecule has 0 bridgehead atoms. The highest BCUT2D eigenvalue weighted by Crippen LogP contribution is 2.04. The minimum Gasteiger partial charge on any atom is -0.321 e. The van der Waals surface area contributed by atoms with Crippen molar-refractivity contribution >= 4 is 15.6 Å².